The molecule has 9 heteroatoms. The average Bonchev–Trinajstić information content (AvgIpc) is 3.67. The van der Waals surface area contributed by atoms with Crippen LogP contribution < -0.4 is 15.0 Å². The van der Waals surface area contributed by atoms with Gasteiger partial charge >= 0.3 is 0 Å². The standard InChI is InChI=1S/C33H32FN5O3/c1-41-30-15-22(33(40)37-28-19-38-11-7-20(28)8-12-38)2-4-26(30)31-16-27-32(42-31)25(6-10-36-27)21-3-5-29(23(14-21)17-35)39-13-9-24(34)18-39/h2-6,10,14-16,20,24,28H,7-9,11-13,18-19H2,1H3,(H,37,40)/t24-,28?/m0/s1. The molecule has 0 spiro atoms. The van der Waals surface area contributed by atoms with Crippen LogP contribution in [-0.2, 0) is 0 Å². The van der Waals surface area contributed by atoms with Gasteiger partial charge in [0.25, 0.3) is 5.91 Å². The van der Waals surface area contributed by atoms with Crippen molar-refractivity contribution in [3.63, 3.8) is 0 Å². The second kappa shape index (κ2) is 10.8. The summed E-state index contributed by atoms with van der Waals surface area (Å²) in [5.41, 5.74) is 5.35. The van der Waals surface area contributed by atoms with Crippen LogP contribution in [0.1, 0.15) is 35.2 Å². The van der Waals surface area contributed by atoms with Crippen molar-refractivity contribution in [1.29, 1.82) is 5.26 Å². The lowest BCUT2D eigenvalue weighted by Gasteiger charge is -2.44. The first-order valence-corrected chi connectivity index (χ1v) is 14.5. The molecule has 4 aliphatic rings. The lowest BCUT2D eigenvalue weighted by molar-refractivity contribution is 0.0620. The summed E-state index contributed by atoms with van der Waals surface area (Å²) >= 11 is 0. The minimum atomic E-state index is -0.872. The Labute approximate surface area is 243 Å². The van der Waals surface area contributed by atoms with Gasteiger partial charge in [-0.15, -0.1) is 0 Å². The zero-order chi connectivity index (χ0) is 28.8. The summed E-state index contributed by atoms with van der Waals surface area (Å²) in [7, 11) is 1.58. The number of carbonyl (C=O) groups excluding carboxylic acids is 1. The van der Waals surface area contributed by atoms with Crippen molar-refractivity contribution in [2.75, 3.05) is 44.7 Å². The summed E-state index contributed by atoms with van der Waals surface area (Å²) in [4.78, 5) is 22.0. The number of nitrogens with zero attached hydrogens (tertiary/aromatic N) is 4. The molecule has 8 rings (SSSR count). The van der Waals surface area contributed by atoms with Gasteiger partial charge < -0.3 is 24.3 Å². The van der Waals surface area contributed by atoms with Crippen molar-refractivity contribution in [3.05, 3.63) is 65.9 Å². The Bertz CT molecular complexity index is 1700. The molecule has 0 radical (unpaired) electrons. The molecule has 4 saturated heterocycles. The van der Waals surface area contributed by atoms with Crippen molar-refractivity contribution >= 4 is 22.7 Å². The number of hydrogen-bond donors (Lipinski definition) is 1. The number of methoxy groups -OCH3 is 1. The molecule has 0 saturated carbocycles. The first-order valence-electron chi connectivity index (χ1n) is 14.5. The molecule has 2 atom stereocenters. The normalized spacial score (nSPS) is 23.2. The van der Waals surface area contributed by atoms with Gasteiger partial charge in [0.2, 0.25) is 0 Å². The molecule has 1 unspecified atom stereocenters. The molecule has 1 N–H and O–H groups in total. The van der Waals surface area contributed by atoms with Gasteiger partial charge in [-0.3, -0.25) is 9.78 Å². The van der Waals surface area contributed by atoms with Crippen LogP contribution in [0.15, 0.2) is 59.1 Å². The molecule has 4 aromatic rings. The third-order valence-corrected chi connectivity index (χ3v) is 9.01. The number of nitriles is 1. The summed E-state index contributed by atoms with van der Waals surface area (Å²) < 4.78 is 25.9. The molecule has 8 nitrogen and oxygen atoms in total. The maximum absolute atomic E-state index is 13.8. The fraction of sp³-hybridized carbons (Fsp3) is 0.364. The third-order valence-electron chi connectivity index (χ3n) is 9.01. The second-order valence-electron chi connectivity index (χ2n) is 11.5. The largest absolute Gasteiger partial charge is 0.496 e. The van der Waals surface area contributed by atoms with Gasteiger partial charge in [0, 0.05) is 49.1 Å². The Morgan fingerprint density at radius 2 is 1.93 bits per heavy atom. The molecule has 2 aromatic carbocycles. The van der Waals surface area contributed by atoms with Crippen LogP contribution >= 0.6 is 0 Å². The number of amides is 1. The van der Waals surface area contributed by atoms with Crippen LogP contribution in [0, 0.1) is 17.2 Å². The quantitative estimate of drug-likeness (QED) is 0.334. The number of hydrogen-bond acceptors (Lipinski definition) is 7. The summed E-state index contributed by atoms with van der Waals surface area (Å²) in [5.74, 6) is 1.54. The Morgan fingerprint density at radius 1 is 1.07 bits per heavy atom. The molecule has 0 aliphatic carbocycles. The number of furan rings is 1. The molecule has 4 aliphatic heterocycles. The number of alkyl halides is 1. The minimum absolute atomic E-state index is 0.0973. The van der Waals surface area contributed by atoms with E-state index in [-0.39, 0.29) is 11.9 Å². The second-order valence-corrected chi connectivity index (χ2v) is 11.5. The number of nitrogens with one attached hydrogen (secondary N) is 1. The number of anilines is 1. The van der Waals surface area contributed by atoms with Gasteiger partial charge in [0.1, 0.15) is 29.3 Å². The Morgan fingerprint density at radius 3 is 2.64 bits per heavy atom. The lowest BCUT2D eigenvalue weighted by Crippen LogP contribution is -2.57. The average molecular weight is 566 g/mol. The van der Waals surface area contributed by atoms with Crippen molar-refractivity contribution in [2.24, 2.45) is 5.92 Å². The van der Waals surface area contributed by atoms with E-state index in [1.54, 1.807) is 25.4 Å². The van der Waals surface area contributed by atoms with Crippen molar-refractivity contribution in [2.45, 2.75) is 31.5 Å². The summed E-state index contributed by atoms with van der Waals surface area (Å²) in [5, 5.41) is 13.1. The Balaban J connectivity index is 1.18. The lowest BCUT2D eigenvalue weighted by atomic mass is 9.84. The number of carbonyl (C=O) groups is 1. The van der Waals surface area contributed by atoms with E-state index in [1.807, 2.05) is 41.3 Å². The van der Waals surface area contributed by atoms with Crippen LogP contribution in [0.2, 0.25) is 0 Å². The van der Waals surface area contributed by atoms with Gasteiger partial charge in [0.15, 0.2) is 5.58 Å². The van der Waals surface area contributed by atoms with E-state index in [2.05, 4.69) is 21.3 Å². The third kappa shape index (κ3) is 4.76. The number of benzene rings is 2. The number of rotatable bonds is 6. The zero-order valence-electron chi connectivity index (χ0n) is 23.5. The Kier molecular flexibility index (Phi) is 6.79. The first kappa shape index (κ1) is 26.5. The Hall–Kier alpha value is -4.42. The highest BCUT2D eigenvalue weighted by Crippen LogP contribution is 2.39. The number of pyridine rings is 1. The fourth-order valence-electron chi connectivity index (χ4n) is 6.72. The highest BCUT2D eigenvalue weighted by molar-refractivity contribution is 5.97. The van der Waals surface area contributed by atoms with E-state index in [9.17, 15) is 14.4 Å². The predicted octanol–water partition coefficient (Wildman–Crippen LogP) is 5.41. The van der Waals surface area contributed by atoms with Crippen LogP contribution in [0.25, 0.3) is 33.6 Å². The molecule has 6 heterocycles. The van der Waals surface area contributed by atoms with Gasteiger partial charge in [-0.25, -0.2) is 4.39 Å². The van der Waals surface area contributed by atoms with E-state index in [1.165, 1.54) is 0 Å². The van der Waals surface area contributed by atoms with Gasteiger partial charge in [-0.2, -0.15) is 5.26 Å². The number of piperidine rings is 3. The number of ether oxygens (including phenoxy) is 1. The van der Waals surface area contributed by atoms with Gasteiger partial charge in [-0.1, -0.05) is 6.07 Å². The SMILES string of the molecule is COc1cc(C(=O)NC2CN3CCC2CC3)ccc1-c1cc2nccc(-c3ccc(N4CC[C@H](F)C4)c(C#N)c3)c2o1. The van der Waals surface area contributed by atoms with E-state index >= 15 is 0 Å². The highest BCUT2D eigenvalue weighted by atomic mass is 19.1. The molecule has 4 fully saturated rings. The molecular formula is C33H32FN5O3. The number of aromatic nitrogens is 1. The molecule has 2 bridgehead atoms. The maximum Gasteiger partial charge on any atom is 0.251 e. The van der Waals surface area contributed by atoms with Crippen molar-refractivity contribution in [3.8, 4) is 34.3 Å². The minimum Gasteiger partial charge on any atom is -0.496 e. The van der Waals surface area contributed by atoms with Gasteiger partial charge in [-0.05, 0) is 80.2 Å². The number of halogens is 1. The molecule has 1 amide bonds. The zero-order valence-corrected chi connectivity index (χ0v) is 23.5. The van der Waals surface area contributed by atoms with Crippen molar-refractivity contribution in [1.82, 2.24) is 15.2 Å². The van der Waals surface area contributed by atoms with Gasteiger partial charge in [0.05, 0.1) is 23.9 Å². The maximum atomic E-state index is 13.8. The summed E-state index contributed by atoms with van der Waals surface area (Å²) in [6, 6.07) is 17.2. The van der Waals surface area contributed by atoms with Crippen LogP contribution in [0.5, 0.6) is 5.75 Å². The molecular weight excluding hydrogens is 533 g/mol. The van der Waals surface area contributed by atoms with E-state index in [0.29, 0.717) is 64.7 Å². The molecule has 2 aromatic heterocycles. The van der Waals surface area contributed by atoms with E-state index < -0.39 is 6.17 Å². The van der Waals surface area contributed by atoms with Crippen LogP contribution in [0.4, 0.5) is 10.1 Å². The first-order chi connectivity index (χ1) is 20.5. The number of fused-ring (bicyclic) bond motifs is 4. The topological polar surface area (TPSA) is 94.6 Å². The monoisotopic (exact) mass is 565 g/mol. The predicted molar refractivity (Wildman–Crippen MR) is 158 cm³/mol. The van der Waals surface area contributed by atoms with Crippen LogP contribution in [-0.4, -0.2) is 67.8 Å². The van der Waals surface area contributed by atoms with Crippen molar-refractivity contribution < 1.29 is 18.3 Å². The highest BCUT2D eigenvalue weighted by Gasteiger charge is 2.35. The fourth-order valence-corrected chi connectivity index (χ4v) is 6.72. The molecule has 214 valence electrons. The van der Waals surface area contributed by atoms with E-state index in [4.69, 9.17) is 9.15 Å². The summed E-state index contributed by atoms with van der Waals surface area (Å²) in [6.45, 7) is 4.06. The van der Waals surface area contributed by atoms with Crippen LogP contribution in [0.3, 0.4) is 0 Å². The smallest absolute Gasteiger partial charge is 0.251 e. The molecule has 42 heavy (non-hydrogen) atoms. The summed E-state index contributed by atoms with van der Waals surface area (Å²) in [6.07, 6.45) is 3.58. The van der Waals surface area contributed by atoms with E-state index in [0.717, 1.165) is 49.3 Å².